The van der Waals surface area contributed by atoms with Gasteiger partial charge in [-0.3, -0.25) is 4.79 Å². The van der Waals surface area contributed by atoms with Gasteiger partial charge in [-0.1, -0.05) is 13.3 Å². The minimum Gasteiger partial charge on any atom is -0.379 e. The monoisotopic (exact) mass is 212 g/mol. The van der Waals surface area contributed by atoms with Gasteiger partial charge in [-0.25, -0.2) is 0 Å². The summed E-state index contributed by atoms with van der Waals surface area (Å²) in [7, 11) is 0. The number of nitrogens with one attached hydrogen (secondary N) is 1. The molecule has 3 atom stereocenters. The Hall–Kier alpha value is -0.610. The number of hydrogen-bond donors (Lipinski definition) is 2. The van der Waals surface area contributed by atoms with Gasteiger partial charge in [0.05, 0.1) is 6.61 Å². The van der Waals surface area contributed by atoms with Crippen molar-refractivity contribution in [3.8, 4) is 0 Å². The summed E-state index contributed by atoms with van der Waals surface area (Å²) >= 11 is 0. The fourth-order valence-electron chi connectivity index (χ4n) is 2.43. The van der Waals surface area contributed by atoms with E-state index in [0.717, 1.165) is 6.42 Å². The predicted molar refractivity (Wildman–Crippen MR) is 57.3 cm³/mol. The van der Waals surface area contributed by atoms with Crippen molar-refractivity contribution < 1.29 is 9.53 Å². The predicted octanol–water partition coefficient (Wildman–Crippen LogP) is 0.409. The second kappa shape index (κ2) is 4.10. The Morgan fingerprint density at radius 2 is 2.33 bits per heavy atom. The lowest BCUT2D eigenvalue weighted by Gasteiger charge is -2.25. The molecule has 0 bridgehead atoms. The molecule has 3 N–H and O–H groups in total. The number of carbonyl (C=O) groups is 1. The zero-order chi connectivity index (χ0) is 10.9. The Kier molecular flexibility index (Phi) is 2.98. The smallest absolute Gasteiger partial charge is 0.242 e. The SMILES string of the molecule is CC1CCCC1NC(=O)C1(N)CCOC1. The van der Waals surface area contributed by atoms with Gasteiger partial charge in [0.25, 0.3) is 0 Å². The molecule has 3 unspecified atom stereocenters. The second-order valence-corrected chi connectivity index (χ2v) is 4.95. The van der Waals surface area contributed by atoms with Gasteiger partial charge >= 0.3 is 0 Å². The van der Waals surface area contributed by atoms with Gasteiger partial charge < -0.3 is 15.8 Å². The van der Waals surface area contributed by atoms with Crippen LogP contribution in [0.2, 0.25) is 0 Å². The van der Waals surface area contributed by atoms with Gasteiger partial charge in [0.15, 0.2) is 0 Å². The van der Waals surface area contributed by atoms with Crippen LogP contribution in [-0.2, 0) is 9.53 Å². The van der Waals surface area contributed by atoms with Crippen LogP contribution in [0.3, 0.4) is 0 Å². The van der Waals surface area contributed by atoms with E-state index in [1.807, 2.05) is 0 Å². The Bertz CT molecular complexity index is 249. The van der Waals surface area contributed by atoms with Crippen molar-refractivity contribution in [1.29, 1.82) is 0 Å². The standard InChI is InChI=1S/C11H20N2O2/c1-8-3-2-4-9(8)13-10(14)11(12)5-6-15-7-11/h8-9H,2-7,12H2,1H3,(H,13,14). The first-order valence-electron chi connectivity index (χ1n) is 5.79. The van der Waals surface area contributed by atoms with Gasteiger partial charge in [0.2, 0.25) is 5.91 Å². The zero-order valence-corrected chi connectivity index (χ0v) is 9.29. The number of nitrogens with two attached hydrogens (primary N) is 1. The molecule has 0 spiro atoms. The van der Waals surface area contributed by atoms with Crippen molar-refractivity contribution in [3.05, 3.63) is 0 Å². The van der Waals surface area contributed by atoms with Crippen LogP contribution in [-0.4, -0.2) is 30.7 Å². The molecule has 0 aromatic carbocycles. The third-order valence-electron chi connectivity index (χ3n) is 3.68. The van der Waals surface area contributed by atoms with Crippen molar-refractivity contribution in [2.24, 2.45) is 11.7 Å². The Balaban J connectivity index is 1.91. The van der Waals surface area contributed by atoms with Crippen LogP contribution < -0.4 is 11.1 Å². The van der Waals surface area contributed by atoms with E-state index in [2.05, 4.69) is 12.2 Å². The quantitative estimate of drug-likeness (QED) is 0.696. The highest BCUT2D eigenvalue weighted by molar-refractivity contribution is 5.86. The lowest BCUT2D eigenvalue weighted by molar-refractivity contribution is -0.127. The Morgan fingerprint density at radius 1 is 1.53 bits per heavy atom. The van der Waals surface area contributed by atoms with Crippen LogP contribution in [0.15, 0.2) is 0 Å². The van der Waals surface area contributed by atoms with Crippen molar-refractivity contribution in [2.75, 3.05) is 13.2 Å². The lowest BCUT2D eigenvalue weighted by Crippen LogP contribution is -2.57. The normalized spacial score (nSPS) is 40.7. The maximum atomic E-state index is 12.0. The molecule has 1 saturated carbocycles. The second-order valence-electron chi connectivity index (χ2n) is 4.95. The van der Waals surface area contributed by atoms with E-state index in [1.54, 1.807) is 0 Å². The van der Waals surface area contributed by atoms with Crippen molar-refractivity contribution in [3.63, 3.8) is 0 Å². The first-order valence-corrected chi connectivity index (χ1v) is 5.79. The summed E-state index contributed by atoms with van der Waals surface area (Å²) in [5.41, 5.74) is 5.21. The van der Waals surface area contributed by atoms with E-state index in [9.17, 15) is 4.79 Å². The topological polar surface area (TPSA) is 64.4 Å². The summed E-state index contributed by atoms with van der Waals surface area (Å²) in [6.45, 7) is 3.15. The number of carbonyl (C=O) groups excluding carboxylic acids is 1. The highest BCUT2D eigenvalue weighted by atomic mass is 16.5. The molecule has 2 rings (SSSR count). The van der Waals surface area contributed by atoms with Crippen molar-refractivity contribution in [1.82, 2.24) is 5.32 Å². The minimum absolute atomic E-state index is 0.0289. The van der Waals surface area contributed by atoms with Crippen molar-refractivity contribution in [2.45, 2.75) is 44.2 Å². The molecule has 2 aliphatic rings. The van der Waals surface area contributed by atoms with Crippen LogP contribution in [0.5, 0.6) is 0 Å². The summed E-state index contributed by atoms with van der Waals surface area (Å²) in [5.74, 6) is 0.554. The molecule has 1 heterocycles. The van der Waals surface area contributed by atoms with Crippen LogP contribution >= 0.6 is 0 Å². The number of hydrogen-bond acceptors (Lipinski definition) is 3. The van der Waals surface area contributed by atoms with Gasteiger partial charge in [-0.2, -0.15) is 0 Å². The number of rotatable bonds is 2. The van der Waals surface area contributed by atoms with Gasteiger partial charge in [-0.05, 0) is 25.2 Å². The van der Waals surface area contributed by atoms with E-state index in [-0.39, 0.29) is 5.91 Å². The van der Waals surface area contributed by atoms with Crippen molar-refractivity contribution >= 4 is 5.91 Å². The maximum absolute atomic E-state index is 12.0. The highest BCUT2D eigenvalue weighted by Gasteiger charge is 2.40. The largest absolute Gasteiger partial charge is 0.379 e. The van der Waals surface area contributed by atoms with Crippen LogP contribution in [0.25, 0.3) is 0 Å². The first kappa shape index (κ1) is 10.9. The molecule has 1 saturated heterocycles. The average Bonchev–Trinajstić information content (AvgIpc) is 2.78. The molecule has 2 fully saturated rings. The molecule has 86 valence electrons. The molecule has 1 aliphatic carbocycles. The van der Waals surface area contributed by atoms with E-state index < -0.39 is 5.54 Å². The average molecular weight is 212 g/mol. The van der Waals surface area contributed by atoms with Gasteiger partial charge in [0, 0.05) is 12.6 Å². The minimum atomic E-state index is -0.775. The molecule has 15 heavy (non-hydrogen) atoms. The lowest BCUT2D eigenvalue weighted by atomic mass is 9.97. The summed E-state index contributed by atoms with van der Waals surface area (Å²) in [5, 5.41) is 3.07. The first-order chi connectivity index (χ1) is 7.12. The van der Waals surface area contributed by atoms with Gasteiger partial charge in [0.1, 0.15) is 5.54 Å². The molecule has 4 heteroatoms. The van der Waals surface area contributed by atoms with E-state index in [1.165, 1.54) is 12.8 Å². The van der Waals surface area contributed by atoms with E-state index in [0.29, 0.717) is 31.6 Å². The van der Waals surface area contributed by atoms with Crippen LogP contribution in [0.4, 0.5) is 0 Å². The summed E-state index contributed by atoms with van der Waals surface area (Å²) < 4.78 is 5.19. The Morgan fingerprint density at radius 3 is 2.87 bits per heavy atom. The molecule has 1 aliphatic heterocycles. The molecule has 4 nitrogen and oxygen atoms in total. The zero-order valence-electron chi connectivity index (χ0n) is 9.29. The van der Waals surface area contributed by atoms with Crippen LogP contribution in [0.1, 0.15) is 32.6 Å². The van der Waals surface area contributed by atoms with Crippen LogP contribution in [0, 0.1) is 5.92 Å². The summed E-state index contributed by atoms with van der Waals surface area (Å²) in [4.78, 5) is 12.0. The third kappa shape index (κ3) is 2.16. The molecular weight excluding hydrogens is 192 g/mol. The van der Waals surface area contributed by atoms with E-state index >= 15 is 0 Å². The van der Waals surface area contributed by atoms with Gasteiger partial charge in [-0.15, -0.1) is 0 Å². The molecule has 0 aromatic rings. The Labute approximate surface area is 90.5 Å². The molecule has 0 aromatic heterocycles. The molecule has 1 amide bonds. The van der Waals surface area contributed by atoms with E-state index in [4.69, 9.17) is 10.5 Å². The maximum Gasteiger partial charge on any atom is 0.242 e. The highest BCUT2D eigenvalue weighted by Crippen LogP contribution is 2.26. The fraction of sp³-hybridized carbons (Fsp3) is 0.909. The number of ether oxygens (including phenoxy) is 1. The third-order valence-corrected chi connectivity index (χ3v) is 3.68. The number of amides is 1. The summed E-state index contributed by atoms with van der Waals surface area (Å²) in [6.07, 6.45) is 4.14. The fourth-order valence-corrected chi connectivity index (χ4v) is 2.43. The molecule has 0 radical (unpaired) electrons. The summed E-state index contributed by atoms with van der Waals surface area (Å²) in [6, 6.07) is 0.318. The molecular formula is C11H20N2O2.